The molecule has 7 heteroatoms. The van der Waals surface area contributed by atoms with E-state index in [-0.39, 0.29) is 5.54 Å². The second kappa shape index (κ2) is 9.35. The Labute approximate surface area is 188 Å². The Kier molecular flexibility index (Phi) is 6.35. The molecule has 4 rings (SSSR count). The van der Waals surface area contributed by atoms with Gasteiger partial charge in [0.05, 0.1) is 31.0 Å². The lowest BCUT2D eigenvalue weighted by molar-refractivity contribution is 0.122. The summed E-state index contributed by atoms with van der Waals surface area (Å²) in [4.78, 5) is 2.12. The third kappa shape index (κ3) is 5.41. The van der Waals surface area contributed by atoms with Crippen molar-refractivity contribution in [3.63, 3.8) is 0 Å². The number of rotatable bonds is 6. The maximum atomic E-state index is 9.39. The summed E-state index contributed by atoms with van der Waals surface area (Å²) in [6, 6.07) is 17.8. The molecule has 1 saturated heterocycles. The molecule has 0 aliphatic carbocycles. The summed E-state index contributed by atoms with van der Waals surface area (Å²) >= 11 is 0. The first-order chi connectivity index (χ1) is 15.4. The molecule has 0 unspecified atom stereocenters. The highest BCUT2D eigenvalue weighted by molar-refractivity contribution is 5.72. The molecule has 2 N–H and O–H groups in total. The van der Waals surface area contributed by atoms with Crippen molar-refractivity contribution in [2.45, 2.75) is 25.8 Å². The van der Waals surface area contributed by atoms with E-state index in [4.69, 9.17) is 15.2 Å². The van der Waals surface area contributed by atoms with E-state index in [0.717, 1.165) is 36.5 Å². The molecule has 1 aromatic heterocycles. The average Bonchev–Trinajstić information content (AvgIpc) is 2.79. The standard InChI is InChI=1S/C25H27N5O2/c1-25(2,27)15-18-3-6-20(7-4-18)22-8-5-19(16-26)13-23(22)32-21-14-24(29-28-17-21)30-9-11-31-12-10-30/h3-8,13-14,17H,9-12,15,27H2,1-2H3. The van der Waals surface area contributed by atoms with Gasteiger partial charge in [-0.25, -0.2) is 0 Å². The van der Waals surface area contributed by atoms with Crippen molar-refractivity contribution < 1.29 is 9.47 Å². The zero-order valence-electron chi connectivity index (χ0n) is 18.4. The van der Waals surface area contributed by atoms with Gasteiger partial charge in [0.1, 0.15) is 5.75 Å². The van der Waals surface area contributed by atoms with Crippen molar-refractivity contribution in [1.29, 1.82) is 5.26 Å². The highest BCUT2D eigenvalue weighted by atomic mass is 16.5. The minimum atomic E-state index is -0.267. The molecule has 32 heavy (non-hydrogen) atoms. The number of morpholine rings is 1. The highest BCUT2D eigenvalue weighted by Crippen LogP contribution is 2.35. The van der Waals surface area contributed by atoms with Crippen LogP contribution in [0.2, 0.25) is 0 Å². The molecule has 0 saturated carbocycles. The quantitative estimate of drug-likeness (QED) is 0.634. The number of anilines is 1. The second-order valence-corrected chi connectivity index (χ2v) is 8.64. The first-order valence-electron chi connectivity index (χ1n) is 10.7. The number of hydrogen-bond donors (Lipinski definition) is 1. The maximum absolute atomic E-state index is 9.39. The van der Waals surface area contributed by atoms with Gasteiger partial charge < -0.3 is 20.1 Å². The number of aromatic nitrogens is 2. The maximum Gasteiger partial charge on any atom is 0.155 e. The summed E-state index contributed by atoms with van der Waals surface area (Å²) in [6.07, 6.45) is 2.37. The minimum Gasteiger partial charge on any atom is -0.455 e. The van der Waals surface area contributed by atoms with Crippen molar-refractivity contribution >= 4 is 5.82 Å². The fraction of sp³-hybridized carbons (Fsp3) is 0.320. The molecule has 0 radical (unpaired) electrons. The van der Waals surface area contributed by atoms with Crippen molar-refractivity contribution in [2.24, 2.45) is 5.73 Å². The van der Waals surface area contributed by atoms with Crippen LogP contribution in [0.1, 0.15) is 25.0 Å². The highest BCUT2D eigenvalue weighted by Gasteiger charge is 2.16. The third-order valence-electron chi connectivity index (χ3n) is 5.21. The summed E-state index contributed by atoms with van der Waals surface area (Å²) in [7, 11) is 0. The van der Waals surface area contributed by atoms with E-state index in [0.29, 0.717) is 30.3 Å². The first kappa shape index (κ1) is 21.8. The summed E-state index contributed by atoms with van der Waals surface area (Å²) in [5.41, 5.74) is 9.48. The van der Waals surface area contributed by atoms with Crippen LogP contribution in [0.3, 0.4) is 0 Å². The molecular weight excluding hydrogens is 402 g/mol. The van der Waals surface area contributed by atoms with E-state index >= 15 is 0 Å². The van der Waals surface area contributed by atoms with Gasteiger partial charge >= 0.3 is 0 Å². The average molecular weight is 430 g/mol. The van der Waals surface area contributed by atoms with E-state index in [2.05, 4.69) is 45.4 Å². The zero-order chi connectivity index (χ0) is 22.6. The lowest BCUT2D eigenvalue weighted by Gasteiger charge is -2.27. The fourth-order valence-corrected chi connectivity index (χ4v) is 3.71. The molecule has 164 valence electrons. The topological polar surface area (TPSA) is 97.3 Å². The van der Waals surface area contributed by atoms with Gasteiger partial charge in [-0.1, -0.05) is 24.3 Å². The van der Waals surface area contributed by atoms with E-state index in [1.165, 1.54) is 5.56 Å². The molecule has 7 nitrogen and oxygen atoms in total. The summed E-state index contributed by atoms with van der Waals surface area (Å²) in [5.74, 6) is 1.91. The van der Waals surface area contributed by atoms with Gasteiger partial charge in [0, 0.05) is 30.3 Å². The molecule has 0 amide bonds. The van der Waals surface area contributed by atoms with Gasteiger partial charge in [0.2, 0.25) is 0 Å². The van der Waals surface area contributed by atoms with Crippen LogP contribution in [0.5, 0.6) is 11.5 Å². The molecule has 0 atom stereocenters. The van der Waals surface area contributed by atoms with Crippen LogP contribution in [-0.2, 0) is 11.2 Å². The largest absolute Gasteiger partial charge is 0.455 e. The number of ether oxygens (including phenoxy) is 2. The van der Waals surface area contributed by atoms with Crippen molar-refractivity contribution in [3.05, 3.63) is 65.9 Å². The van der Waals surface area contributed by atoms with E-state index in [1.807, 2.05) is 26.0 Å². The molecule has 2 aromatic carbocycles. The monoisotopic (exact) mass is 429 g/mol. The summed E-state index contributed by atoms with van der Waals surface area (Å²) < 4.78 is 11.6. The Balaban J connectivity index is 1.62. The van der Waals surface area contributed by atoms with Gasteiger partial charge in [-0.05, 0) is 49.6 Å². The third-order valence-corrected chi connectivity index (χ3v) is 5.21. The fourth-order valence-electron chi connectivity index (χ4n) is 3.71. The molecule has 1 fully saturated rings. The zero-order valence-corrected chi connectivity index (χ0v) is 18.4. The van der Waals surface area contributed by atoms with Crippen molar-refractivity contribution in [2.75, 3.05) is 31.2 Å². The lowest BCUT2D eigenvalue weighted by atomic mass is 9.94. The number of benzene rings is 2. The van der Waals surface area contributed by atoms with Crippen LogP contribution in [0.25, 0.3) is 11.1 Å². The number of nitrogens with two attached hydrogens (primary N) is 1. The first-order valence-corrected chi connectivity index (χ1v) is 10.7. The number of nitriles is 1. The SMILES string of the molecule is CC(C)(N)Cc1ccc(-c2ccc(C#N)cc2Oc2cnnc(N3CCOCC3)c2)cc1. The Morgan fingerprint density at radius 3 is 2.56 bits per heavy atom. The molecule has 0 bridgehead atoms. The summed E-state index contributed by atoms with van der Waals surface area (Å²) in [6.45, 7) is 6.89. The summed E-state index contributed by atoms with van der Waals surface area (Å²) in [5, 5.41) is 17.7. The van der Waals surface area contributed by atoms with Gasteiger partial charge in [-0.3, -0.25) is 0 Å². The number of nitrogens with zero attached hydrogens (tertiary/aromatic N) is 4. The Morgan fingerprint density at radius 1 is 1.12 bits per heavy atom. The predicted molar refractivity (Wildman–Crippen MR) is 124 cm³/mol. The van der Waals surface area contributed by atoms with E-state index < -0.39 is 0 Å². The Morgan fingerprint density at radius 2 is 1.88 bits per heavy atom. The normalized spacial score (nSPS) is 14.1. The van der Waals surface area contributed by atoms with Crippen LogP contribution in [0.15, 0.2) is 54.7 Å². The van der Waals surface area contributed by atoms with Gasteiger partial charge in [0.25, 0.3) is 0 Å². The van der Waals surface area contributed by atoms with Crippen LogP contribution in [0.4, 0.5) is 5.82 Å². The molecule has 1 aliphatic rings. The molecular formula is C25H27N5O2. The molecule has 3 aromatic rings. The van der Waals surface area contributed by atoms with Crippen LogP contribution >= 0.6 is 0 Å². The number of hydrogen-bond acceptors (Lipinski definition) is 7. The van der Waals surface area contributed by atoms with Gasteiger partial charge in [-0.15, -0.1) is 5.10 Å². The molecule has 0 spiro atoms. The van der Waals surface area contributed by atoms with Crippen molar-refractivity contribution in [3.8, 4) is 28.7 Å². The van der Waals surface area contributed by atoms with Crippen LogP contribution in [0, 0.1) is 11.3 Å². The van der Waals surface area contributed by atoms with Crippen LogP contribution < -0.4 is 15.4 Å². The van der Waals surface area contributed by atoms with Crippen LogP contribution in [-0.4, -0.2) is 42.0 Å². The smallest absolute Gasteiger partial charge is 0.155 e. The van der Waals surface area contributed by atoms with Gasteiger partial charge in [0.15, 0.2) is 11.6 Å². The molecule has 1 aliphatic heterocycles. The minimum absolute atomic E-state index is 0.267. The Bertz CT molecular complexity index is 1110. The second-order valence-electron chi connectivity index (χ2n) is 8.64. The predicted octanol–water partition coefficient (Wildman–Crippen LogP) is 3.92. The Hall–Kier alpha value is -3.47. The van der Waals surface area contributed by atoms with E-state index in [1.54, 1.807) is 18.3 Å². The van der Waals surface area contributed by atoms with Crippen molar-refractivity contribution in [1.82, 2.24) is 10.2 Å². The lowest BCUT2D eigenvalue weighted by Crippen LogP contribution is -2.36. The van der Waals surface area contributed by atoms with Gasteiger partial charge in [-0.2, -0.15) is 10.4 Å². The molecule has 2 heterocycles. The van der Waals surface area contributed by atoms with E-state index in [9.17, 15) is 5.26 Å².